The Labute approximate surface area is 281 Å². The molecule has 10 heteroatoms. The number of amides is 2. The average molecular weight is 659 g/mol. The normalized spacial score (nSPS) is 11.3. The Kier molecular flexibility index (Phi) is 14.1. The number of esters is 1. The number of pyridine rings is 1. The molecule has 47 heavy (non-hydrogen) atoms. The van der Waals surface area contributed by atoms with Crippen LogP contribution in [0, 0.1) is 5.92 Å². The van der Waals surface area contributed by atoms with Crippen molar-refractivity contribution in [1.29, 1.82) is 0 Å². The zero-order chi connectivity index (χ0) is 34.5. The summed E-state index contributed by atoms with van der Waals surface area (Å²) in [5, 5.41) is 7.84. The number of anilines is 1. The highest BCUT2D eigenvalue weighted by molar-refractivity contribution is 7.13. The van der Waals surface area contributed by atoms with Crippen molar-refractivity contribution in [3.63, 3.8) is 0 Å². The molecule has 0 atom stereocenters. The molecule has 0 radical (unpaired) electrons. The SMILES string of the molecule is CC.CC.COC(=O)c1nc(C(=O)NCCC(C)C)ccc1-c1cc2c(cc1C(=O)Nc1ccc(CN)cc1)-c1sccc1CCO2. The quantitative estimate of drug-likeness (QED) is 0.157. The van der Waals surface area contributed by atoms with Gasteiger partial charge >= 0.3 is 5.97 Å². The number of rotatable bonds is 9. The van der Waals surface area contributed by atoms with Gasteiger partial charge in [0.25, 0.3) is 11.8 Å². The standard InChI is InChI=1S/C33H34N4O5S.2C2H6/c1-19(2)10-13-35-32(39)27-9-8-23(29(37-27)33(40)41-3)24-17-28-26(30-21(11-14-42-28)12-15-43-30)16-25(24)31(38)36-22-6-4-20(18-34)5-7-22;2*1-2/h4-9,12,15-17,19H,10-11,13-14,18,34H2,1-3H3,(H,35,39)(H,36,38);2*1-2H3. The van der Waals surface area contributed by atoms with Crippen LogP contribution in [0.15, 0.2) is 60.0 Å². The molecule has 3 heterocycles. The Morgan fingerprint density at radius 3 is 2.34 bits per heavy atom. The van der Waals surface area contributed by atoms with Gasteiger partial charge in [0.15, 0.2) is 5.69 Å². The van der Waals surface area contributed by atoms with Crippen LogP contribution in [0.3, 0.4) is 0 Å². The highest BCUT2D eigenvalue weighted by atomic mass is 32.1. The van der Waals surface area contributed by atoms with Crippen LogP contribution in [0.5, 0.6) is 5.75 Å². The van der Waals surface area contributed by atoms with Gasteiger partial charge in [0.1, 0.15) is 11.4 Å². The first kappa shape index (κ1) is 36.9. The molecule has 4 aromatic rings. The summed E-state index contributed by atoms with van der Waals surface area (Å²) >= 11 is 1.58. The largest absolute Gasteiger partial charge is 0.493 e. The highest BCUT2D eigenvalue weighted by Crippen LogP contribution is 2.43. The molecule has 2 aromatic heterocycles. The number of thiophene rings is 1. The summed E-state index contributed by atoms with van der Waals surface area (Å²) in [5.74, 6) is -0.498. The lowest BCUT2D eigenvalue weighted by molar-refractivity contribution is 0.0594. The number of ether oxygens (including phenoxy) is 2. The second-order valence-electron chi connectivity index (χ2n) is 10.6. The number of nitrogens with zero attached hydrogens (tertiary/aromatic N) is 1. The molecule has 0 saturated carbocycles. The van der Waals surface area contributed by atoms with E-state index in [1.807, 2.05) is 45.2 Å². The van der Waals surface area contributed by atoms with E-state index in [1.165, 1.54) is 7.11 Å². The van der Waals surface area contributed by atoms with E-state index in [9.17, 15) is 14.4 Å². The third kappa shape index (κ3) is 9.05. The topological polar surface area (TPSA) is 133 Å². The van der Waals surface area contributed by atoms with E-state index in [-0.39, 0.29) is 17.3 Å². The number of nitrogens with one attached hydrogen (secondary N) is 2. The fraction of sp³-hybridized carbons (Fsp3) is 0.351. The number of nitrogens with two attached hydrogens (primary N) is 1. The zero-order valence-electron chi connectivity index (χ0n) is 28.4. The van der Waals surface area contributed by atoms with Crippen LogP contribution in [0.1, 0.15) is 90.4 Å². The number of benzene rings is 2. The summed E-state index contributed by atoms with van der Waals surface area (Å²) in [6.07, 6.45) is 1.54. The van der Waals surface area contributed by atoms with Gasteiger partial charge < -0.3 is 25.8 Å². The summed E-state index contributed by atoms with van der Waals surface area (Å²) < 4.78 is 11.2. The van der Waals surface area contributed by atoms with Crippen LogP contribution >= 0.6 is 11.3 Å². The van der Waals surface area contributed by atoms with Crippen molar-refractivity contribution in [2.24, 2.45) is 11.7 Å². The number of carbonyl (C=O) groups excluding carboxylic acids is 3. The van der Waals surface area contributed by atoms with Gasteiger partial charge in [0, 0.05) is 52.3 Å². The molecule has 4 N–H and O–H groups in total. The van der Waals surface area contributed by atoms with Crippen LogP contribution in [0.4, 0.5) is 5.69 Å². The molecular formula is C37H46N4O5S. The fourth-order valence-corrected chi connectivity index (χ4v) is 5.85. The molecule has 0 saturated heterocycles. The van der Waals surface area contributed by atoms with E-state index >= 15 is 0 Å². The molecule has 0 unspecified atom stereocenters. The second kappa shape index (κ2) is 18.0. The van der Waals surface area contributed by atoms with Crippen molar-refractivity contribution in [1.82, 2.24) is 10.3 Å². The fourth-order valence-electron chi connectivity index (χ4n) is 4.87. The average Bonchev–Trinajstić information content (AvgIpc) is 3.50. The first-order valence-corrected chi connectivity index (χ1v) is 17.0. The minimum absolute atomic E-state index is 0.0770. The first-order valence-electron chi connectivity index (χ1n) is 16.1. The second-order valence-corrected chi connectivity index (χ2v) is 11.6. The van der Waals surface area contributed by atoms with Crippen molar-refractivity contribution in [3.05, 3.63) is 88.1 Å². The molecule has 0 spiro atoms. The van der Waals surface area contributed by atoms with Crippen LogP contribution in [-0.4, -0.2) is 43.0 Å². The number of hydrogen-bond acceptors (Lipinski definition) is 8. The third-order valence-corrected chi connectivity index (χ3v) is 8.23. The van der Waals surface area contributed by atoms with Crippen molar-refractivity contribution >= 4 is 34.8 Å². The van der Waals surface area contributed by atoms with Crippen molar-refractivity contribution in [2.75, 3.05) is 25.6 Å². The maximum absolute atomic E-state index is 13.9. The molecule has 0 bridgehead atoms. The van der Waals surface area contributed by atoms with Gasteiger partial charge in [-0.2, -0.15) is 0 Å². The van der Waals surface area contributed by atoms with Crippen molar-refractivity contribution < 1.29 is 23.9 Å². The molecule has 9 nitrogen and oxygen atoms in total. The maximum atomic E-state index is 13.9. The van der Waals surface area contributed by atoms with Gasteiger partial charge in [-0.15, -0.1) is 11.3 Å². The number of aromatic nitrogens is 1. The Balaban J connectivity index is 0.00000144. The summed E-state index contributed by atoms with van der Waals surface area (Å²) in [6.45, 7) is 13.5. The molecule has 250 valence electrons. The van der Waals surface area contributed by atoms with Crippen molar-refractivity contribution in [2.45, 2.75) is 60.9 Å². The molecule has 1 aliphatic rings. The number of carbonyl (C=O) groups is 3. The van der Waals surface area contributed by atoms with Gasteiger partial charge in [-0.25, -0.2) is 9.78 Å². The smallest absolute Gasteiger partial charge is 0.357 e. The Morgan fingerprint density at radius 1 is 0.957 bits per heavy atom. The summed E-state index contributed by atoms with van der Waals surface area (Å²) in [7, 11) is 1.25. The number of fused-ring (bicyclic) bond motifs is 3. The van der Waals surface area contributed by atoms with E-state index in [0.717, 1.165) is 34.4 Å². The van der Waals surface area contributed by atoms with Crippen LogP contribution in [0.2, 0.25) is 0 Å². The molecule has 5 rings (SSSR count). The Bertz CT molecular complexity index is 1660. The van der Waals surface area contributed by atoms with Gasteiger partial charge in [-0.3, -0.25) is 9.59 Å². The van der Waals surface area contributed by atoms with Crippen molar-refractivity contribution in [3.8, 4) is 27.3 Å². The lowest BCUT2D eigenvalue weighted by atomic mass is 9.93. The third-order valence-electron chi connectivity index (χ3n) is 7.24. The van der Waals surface area contributed by atoms with E-state index in [1.54, 1.807) is 47.7 Å². The predicted octanol–water partition coefficient (Wildman–Crippen LogP) is 7.74. The Morgan fingerprint density at radius 2 is 1.68 bits per heavy atom. The summed E-state index contributed by atoms with van der Waals surface area (Å²) in [5.41, 5.74) is 10.3. The monoisotopic (exact) mass is 658 g/mol. The van der Waals surface area contributed by atoms with Crippen LogP contribution < -0.4 is 21.1 Å². The molecule has 2 aromatic carbocycles. The predicted molar refractivity (Wildman–Crippen MR) is 190 cm³/mol. The lowest BCUT2D eigenvalue weighted by Gasteiger charge is -2.17. The molecule has 2 amide bonds. The van der Waals surface area contributed by atoms with Gasteiger partial charge in [0.2, 0.25) is 0 Å². The van der Waals surface area contributed by atoms with Crippen LogP contribution in [-0.2, 0) is 17.7 Å². The highest BCUT2D eigenvalue weighted by Gasteiger charge is 2.27. The van der Waals surface area contributed by atoms with Gasteiger partial charge in [-0.05, 0) is 71.3 Å². The minimum atomic E-state index is -0.730. The van der Waals surface area contributed by atoms with E-state index in [2.05, 4.69) is 35.5 Å². The summed E-state index contributed by atoms with van der Waals surface area (Å²) in [4.78, 5) is 45.2. The van der Waals surface area contributed by atoms with E-state index in [4.69, 9.17) is 15.2 Å². The first-order chi connectivity index (χ1) is 22.8. The van der Waals surface area contributed by atoms with Crippen LogP contribution in [0.25, 0.3) is 21.6 Å². The number of hydrogen-bond donors (Lipinski definition) is 3. The lowest BCUT2D eigenvalue weighted by Crippen LogP contribution is -2.27. The molecular weight excluding hydrogens is 612 g/mol. The molecule has 1 aliphatic heterocycles. The zero-order valence-corrected chi connectivity index (χ0v) is 29.2. The maximum Gasteiger partial charge on any atom is 0.357 e. The molecule has 0 aliphatic carbocycles. The number of methoxy groups -OCH3 is 1. The Hall–Kier alpha value is -4.54. The summed E-state index contributed by atoms with van der Waals surface area (Å²) in [6, 6.07) is 16.1. The van der Waals surface area contributed by atoms with E-state index in [0.29, 0.717) is 53.7 Å². The van der Waals surface area contributed by atoms with Gasteiger partial charge in [0.05, 0.1) is 13.7 Å². The molecule has 0 fully saturated rings. The minimum Gasteiger partial charge on any atom is -0.493 e. The van der Waals surface area contributed by atoms with Gasteiger partial charge in [-0.1, -0.05) is 53.7 Å². The van der Waals surface area contributed by atoms with E-state index < -0.39 is 11.9 Å².